The van der Waals surface area contributed by atoms with E-state index in [0.717, 1.165) is 31.0 Å². The summed E-state index contributed by atoms with van der Waals surface area (Å²) in [4.78, 5) is 8.24. The lowest BCUT2D eigenvalue weighted by Gasteiger charge is -2.22. The van der Waals surface area contributed by atoms with E-state index in [4.69, 9.17) is 4.99 Å². The molecule has 1 aromatic heterocycles. The third-order valence-electron chi connectivity index (χ3n) is 3.88. The van der Waals surface area contributed by atoms with Crippen LogP contribution in [-0.4, -0.2) is 44.6 Å². The molecular formula is C19H28FIN4S. The highest BCUT2D eigenvalue weighted by molar-refractivity contribution is 14.0. The minimum atomic E-state index is -0.199. The fourth-order valence-electron chi connectivity index (χ4n) is 2.48. The molecule has 1 atom stereocenters. The fraction of sp³-hybridized carbons (Fsp3) is 0.421. The van der Waals surface area contributed by atoms with Crippen molar-refractivity contribution in [1.29, 1.82) is 0 Å². The number of hydrogen-bond donors (Lipinski definition) is 2. The Bertz CT molecular complexity index is 644. The minimum Gasteiger partial charge on any atom is -0.357 e. The second-order valence-electron chi connectivity index (χ2n) is 6.02. The molecule has 1 heterocycles. The zero-order valence-electron chi connectivity index (χ0n) is 15.5. The Morgan fingerprint density at radius 3 is 2.50 bits per heavy atom. The van der Waals surface area contributed by atoms with Crippen molar-refractivity contribution in [1.82, 2.24) is 15.5 Å². The molecule has 0 spiro atoms. The molecule has 0 bridgehead atoms. The van der Waals surface area contributed by atoms with Crippen LogP contribution in [0, 0.1) is 5.82 Å². The number of benzene rings is 1. The van der Waals surface area contributed by atoms with Gasteiger partial charge in [0.1, 0.15) is 5.82 Å². The Hall–Kier alpha value is -1.19. The van der Waals surface area contributed by atoms with Gasteiger partial charge in [-0.05, 0) is 56.6 Å². The molecule has 0 amide bonds. The van der Waals surface area contributed by atoms with E-state index in [9.17, 15) is 4.39 Å². The number of likely N-dealkylation sites (N-methyl/N-ethyl adjacent to an activating group) is 1. The van der Waals surface area contributed by atoms with Gasteiger partial charge in [0.2, 0.25) is 0 Å². The summed E-state index contributed by atoms with van der Waals surface area (Å²) in [5, 5.41) is 8.73. The van der Waals surface area contributed by atoms with Crippen molar-refractivity contribution in [2.75, 3.05) is 33.7 Å². The zero-order valence-corrected chi connectivity index (χ0v) is 18.7. The van der Waals surface area contributed by atoms with Crippen LogP contribution in [0.5, 0.6) is 0 Å². The molecule has 2 N–H and O–H groups in total. The second-order valence-corrected chi connectivity index (χ2v) is 7.00. The summed E-state index contributed by atoms with van der Waals surface area (Å²) in [6.07, 6.45) is 0.826. The van der Waals surface area contributed by atoms with Gasteiger partial charge in [-0.25, -0.2) is 4.39 Å². The number of rotatable bonds is 8. The van der Waals surface area contributed by atoms with Crippen LogP contribution in [0.1, 0.15) is 23.4 Å². The standard InChI is InChI=1S/C19H27FN4S.HI/c1-4-21-19(22-12-11-15-7-9-16(20)10-8-15)23-14-17(24(2)3)18-6-5-13-25-18;/h5-10,13,17H,4,11-12,14H2,1-3H3,(H2,21,22,23);1H. The van der Waals surface area contributed by atoms with Gasteiger partial charge in [0.15, 0.2) is 5.96 Å². The number of guanidine groups is 1. The van der Waals surface area contributed by atoms with Gasteiger partial charge in [0.25, 0.3) is 0 Å². The molecule has 0 radical (unpaired) electrons. The van der Waals surface area contributed by atoms with E-state index in [1.54, 1.807) is 11.3 Å². The Kier molecular flexibility index (Phi) is 10.8. The molecule has 7 heteroatoms. The molecular weight excluding hydrogens is 462 g/mol. The average molecular weight is 490 g/mol. The van der Waals surface area contributed by atoms with E-state index in [1.165, 1.54) is 17.0 Å². The first-order valence-corrected chi connectivity index (χ1v) is 9.44. The summed E-state index contributed by atoms with van der Waals surface area (Å²) in [5.74, 6) is 0.614. The zero-order chi connectivity index (χ0) is 18.1. The summed E-state index contributed by atoms with van der Waals surface area (Å²) in [5.41, 5.74) is 1.11. The highest BCUT2D eigenvalue weighted by atomic mass is 127. The lowest BCUT2D eigenvalue weighted by atomic mass is 10.1. The lowest BCUT2D eigenvalue weighted by Crippen LogP contribution is -2.39. The van der Waals surface area contributed by atoms with E-state index in [-0.39, 0.29) is 35.8 Å². The molecule has 0 aliphatic carbocycles. The summed E-state index contributed by atoms with van der Waals surface area (Å²) < 4.78 is 12.9. The van der Waals surface area contributed by atoms with E-state index in [2.05, 4.69) is 54.1 Å². The number of nitrogens with zero attached hydrogens (tertiary/aromatic N) is 2. The lowest BCUT2D eigenvalue weighted by molar-refractivity contribution is 0.310. The first kappa shape index (κ1) is 22.9. The quantitative estimate of drug-likeness (QED) is 0.335. The number of aliphatic imine (C=N–C) groups is 1. The van der Waals surface area contributed by atoms with Gasteiger partial charge >= 0.3 is 0 Å². The molecule has 4 nitrogen and oxygen atoms in total. The summed E-state index contributed by atoms with van der Waals surface area (Å²) in [6.45, 7) is 4.32. The summed E-state index contributed by atoms with van der Waals surface area (Å²) in [6, 6.07) is 11.1. The minimum absolute atomic E-state index is 0. The van der Waals surface area contributed by atoms with Crippen LogP contribution in [-0.2, 0) is 6.42 Å². The molecule has 2 rings (SSSR count). The van der Waals surface area contributed by atoms with Crippen LogP contribution in [0.2, 0.25) is 0 Å². The molecule has 1 aromatic carbocycles. The molecule has 1 unspecified atom stereocenters. The Morgan fingerprint density at radius 1 is 1.19 bits per heavy atom. The molecule has 0 aliphatic heterocycles. The molecule has 26 heavy (non-hydrogen) atoms. The van der Waals surface area contributed by atoms with Gasteiger partial charge in [-0.3, -0.25) is 4.99 Å². The van der Waals surface area contributed by atoms with E-state index >= 15 is 0 Å². The highest BCUT2D eigenvalue weighted by Crippen LogP contribution is 2.23. The summed E-state index contributed by atoms with van der Waals surface area (Å²) >= 11 is 1.76. The topological polar surface area (TPSA) is 39.7 Å². The van der Waals surface area contributed by atoms with Crippen molar-refractivity contribution in [3.8, 4) is 0 Å². The van der Waals surface area contributed by atoms with Gasteiger partial charge in [-0.2, -0.15) is 0 Å². The first-order valence-electron chi connectivity index (χ1n) is 8.56. The SMILES string of the molecule is CCNC(=NCC(c1cccs1)N(C)C)NCCc1ccc(F)cc1.I. The van der Waals surface area contributed by atoms with Crippen LogP contribution in [0.3, 0.4) is 0 Å². The van der Waals surface area contributed by atoms with Crippen molar-refractivity contribution in [3.05, 3.63) is 58.0 Å². The third-order valence-corrected chi connectivity index (χ3v) is 4.85. The number of thiophene rings is 1. The normalized spacial score (nSPS) is 12.6. The van der Waals surface area contributed by atoms with Crippen molar-refractivity contribution < 1.29 is 4.39 Å². The van der Waals surface area contributed by atoms with Crippen molar-refractivity contribution >= 4 is 41.3 Å². The van der Waals surface area contributed by atoms with Crippen LogP contribution in [0.15, 0.2) is 46.8 Å². The predicted octanol–water partition coefficient (Wildman–Crippen LogP) is 3.91. The summed E-state index contributed by atoms with van der Waals surface area (Å²) in [7, 11) is 4.16. The Balaban J connectivity index is 0.00000338. The smallest absolute Gasteiger partial charge is 0.191 e. The Morgan fingerprint density at radius 2 is 1.92 bits per heavy atom. The molecule has 144 valence electrons. The molecule has 0 aliphatic rings. The van der Waals surface area contributed by atoms with E-state index in [1.807, 2.05) is 12.1 Å². The van der Waals surface area contributed by atoms with Crippen LogP contribution in [0.4, 0.5) is 4.39 Å². The van der Waals surface area contributed by atoms with Gasteiger partial charge < -0.3 is 15.5 Å². The van der Waals surface area contributed by atoms with Crippen molar-refractivity contribution in [2.24, 2.45) is 4.99 Å². The monoisotopic (exact) mass is 490 g/mol. The largest absolute Gasteiger partial charge is 0.357 e. The maximum atomic E-state index is 12.9. The van der Waals surface area contributed by atoms with E-state index in [0.29, 0.717) is 6.54 Å². The Labute approximate surface area is 176 Å². The first-order chi connectivity index (χ1) is 12.1. The molecule has 0 fully saturated rings. The van der Waals surface area contributed by atoms with Crippen molar-refractivity contribution in [3.63, 3.8) is 0 Å². The van der Waals surface area contributed by atoms with Crippen LogP contribution < -0.4 is 10.6 Å². The van der Waals surface area contributed by atoms with Crippen molar-refractivity contribution in [2.45, 2.75) is 19.4 Å². The molecule has 0 saturated heterocycles. The van der Waals surface area contributed by atoms with E-state index < -0.39 is 0 Å². The number of nitrogens with one attached hydrogen (secondary N) is 2. The third kappa shape index (κ3) is 7.59. The molecule has 2 aromatic rings. The number of hydrogen-bond acceptors (Lipinski definition) is 3. The predicted molar refractivity (Wildman–Crippen MR) is 120 cm³/mol. The van der Waals surface area contributed by atoms with Gasteiger partial charge in [-0.15, -0.1) is 35.3 Å². The van der Waals surface area contributed by atoms with Gasteiger partial charge in [-0.1, -0.05) is 18.2 Å². The van der Waals surface area contributed by atoms with Gasteiger partial charge in [0, 0.05) is 18.0 Å². The van der Waals surface area contributed by atoms with Crippen LogP contribution in [0.25, 0.3) is 0 Å². The maximum absolute atomic E-state index is 12.9. The fourth-order valence-corrected chi connectivity index (χ4v) is 3.40. The molecule has 0 saturated carbocycles. The van der Waals surface area contributed by atoms with Gasteiger partial charge in [0.05, 0.1) is 12.6 Å². The van der Waals surface area contributed by atoms with Crippen LogP contribution >= 0.6 is 35.3 Å². The highest BCUT2D eigenvalue weighted by Gasteiger charge is 2.14. The second kappa shape index (κ2) is 12.2. The number of halogens is 2. The average Bonchev–Trinajstić information content (AvgIpc) is 3.10. The maximum Gasteiger partial charge on any atom is 0.191 e.